The first-order valence-electron chi connectivity index (χ1n) is 6.64. The lowest BCUT2D eigenvalue weighted by molar-refractivity contribution is 0.238. The molecule has 1 aromatic rings. The number of rotatable bonds is 7. The molecule has 1 rings (SSSR count). The first-order valence-corrected chi connectivity index (χ1v) is 6.64. The number of hydrogen-bond donors (Lipinski definition) is 1. The predicted molar refractivity (Wildman–Crippen MR) is 73.5 cm³/mol. The largest absolute Gasteiger partial charge is 0.491 e. The fourth-order valence-corrected chi connectivity index (χ4v) is 1.80. The van der Waals surface area contributed by atoms with Gasteiger partial charge in [-0.05, 0) is 39.8 Å². The molecule has 0 fully saturated rings. The number of benzene rings is 1. The van der Waals surface area contributed by atoms with Crippen molar-refractivity contribution in [3.8, 4) is 5.75 Å². The first kappa shape index (κ1) is 14.0. The molecule has 0 aliphatic carbocycles. The summed E-state index contributed by atoms with van der Waals surface area (Å²) in [7, 11) is 0. The fraction of sp³-hybridized carbons (Fsp3) is 0.600. The third-order valence-electron chi connectivity index (χ3n) is 2.73. The van der Waals surface area contributed by atoms with E-state index >= 15 is 0 Å². The Kier molecular flexibility index (Phi) is 6.06. The van der Waals surface area contributed by atoms with Crippen molar-refractivity contribution < 1.29 is 4.74 Å². The van der Waals surface area contributed by atoms with Gasteiger partial charge in [-0.2, -0.15) is 0 Å². The maximum atomic E-state index is 5.83. The molecule has 0 spiro atoms. The molecule has 0 aromatic heterocycles. The van der Waals surface area contributed by atoms with Crippen LogP contribution in [0.5, 0.6) is 5.75 Å². The van der Waals surface area contributed by atoms with Gasteiger partial charge in [-0.3, -0.25) is 0 Å². The molecular weight excluding hydrogens is 210 g/mol. The quantitative estimate of drug-likeness (QED) is 0.723. The highest BCUT2D eigenvalue weighted by Crippen LogP contribution is 2.25. The Balaban J connectivity index is 2.67. The van der Waals surface area contributed by atoms with Crippen LogP contribution in [0, 0.1) is 0 Å². The van der Waals surface area contributed by atoms with Crippen LogP contribution in [0.4, 0.5) is 0 Å². The summed E-state index contributed by atoms with van der Waals surface area (Å²) in [6.07, 6.45) is 2.67. The third-order valence-corrected chi connectivity index (χ3v) is 2.73. The summed E-state index contributed by atoms with van der Waals surface area (Å²) >= 11 is 0. The fourth-order valence-electron chi connectivity index (χ4n) is 1.80. The zero-order chi connectivity index (χ0) is 12.7. The van der Waals surface area contributed by atoms with Gasteiger partial charge in [-0.15, -0.1) is 0 Å². The van der Waals surface area contributed by atoms with E-state index in [4.69, 9.17) is 4.74 Å². The highest BCUT2D eigenvalue weighted by Gasteiger charge is 2.11. The van der Waals surface area contributed by atoms with Crippen LogP contribution in [0.15, 0.2) is 24.3 Å². The van der Waals surface area contributed by atoms with Gasteiger partial charge < -0.3 is 10.1 Å². The normalized spacial score (nSPS) is 12.8. The lowest BCUT2D eigenvalue weighted by Crippen LogP contribution is -2.21. The zero-order valence-electron chi connectivity index (χ0n) is 11.5. The average Bonchev–Trinajstić information content (AvgIpc) is 2.29. The van der Waals surface area contributed by atoms with Crippen molar-refractivity contribution in [3.05, 3.63) is 29.8 Å². The molecule has 0 aliphatic rings. The molecule has 0 saturated carbocycles. The Morgan fingerprint density at radius 1 is 1.18 bits per heavy atom. The number of hydrogen-bond acceptors (Lipinski definition) is 2. The molecule has 1 aromatic carbocycles. The van der Waals surface area contributed by atoms with Crippen LogP contribution in [0.1, 0.15) is 52.1 Å². The first-order chi connectivity index (χ1) is 8.15. The maximum Gasteiger partial charge on any atom is 0.124 e. The minimum absolute atomic E-state index is 0.221. The minimum atomic E-state index is 0.221. The van der Waals surface area contributed by atoms with Gasteiger partial charge in [-0.1, -0.05) is 31.5 Å². The highest BCUT2D eigenvalue weighted by molar-refractivity contribution is 5.35. The molecule has 0 amide bonds. The van der Waals surface area contributed by atoms with Crippen molar-refractivity contribution in [2.45, 2.75) is 52.7 Å². The molecule has 1 N–H and O–H groups in total. The molecule has 17 heavy (non-hydrogen) atoms. The summed E-state index contributed by atoms with van der Waals surface area (Å²) < 4.78 is 5.83. The number of para-hydroxylation sites is 1. The van der Waals surface area contributed by atoms with Crippen molar-refractivity contribution in [1.82, 2.24) is 5.32 Å². The summed E-state index contributed by atoms with van der Waals surface area (Å²) in [6.45, 7) is 9.59. The number of unbranched alkanes of at least 4 members (excludes halogenated alkanes) is 1. The molecule has 0 heterocycles. The Bertz CT molecular complexity index is 322. The molecule has 0 radical (unpaired) electrons. The van der Waals surface area contributed by atoms with E-state index < -0.39 is 0 Å². The van der Waals surface area contributed by atoms with Gasteiger partial charge in [0.2, 0.25) is 0 Å². The van der Waals surface area contributed by atoms with Gasteiger partial charge in [0.1, 0.15) is 5.75 Å². The lowest BCUT2D eigenvalue weighted by atomic mass is 10.1. The SMILES string of the molecule is CCCCNC(C)c1ccccc1OC(C)C. The predicted octanol–water partition coefficient (Wildman–Crippen LogP) is 3.92. The van der Waals surface area contributed by atoms with Crippen LogP contribution in [-0.2, 0) is 0 Å². The van der Waals surface area contributed by atoms with Crippen molar-refractivity contribution in [2.75, 3.05) is 6.54 Å². The molecule has 2 heteroatoms. The Hall–Kier alpha value is -1.02. The molecule has 1 unspecified atom stereocenters. The summed E-state index contributed by atoms with van der Waals surface area (Å²) in [5.41, 5.74) is 1.25. The van der Waals surface area contributed by atoms with Crippen LogP contribution in [0.2, 0.25) is 0 Å². The zero-order valence-corrected chi connectivity index (χ0v) is 11.5. The van der Waals surface area contributed by atoms with Crippen molar-refractivity contribution in [3.63, 3.8) is 0 Å². The minimum Gasteiger partial charge on any atom is -0.491 e. The second-order valence-corrected chi connectivity index (χ2v) is 4.73. The van der Waals surface area contributed by atoms with Crippen LogP contribution < -0.4 is 10.1 Å². The lowest BCUT2D eigenvalue weighted by Gasteiger charge is -2.19. The Morgan fingerprint density at radius 2 is 1.88 bits per heavy atom. The summed E-state index contributed by atoms with van der Waals surface area (Å²) in [5.74, 6) is 0.999. The van der Waals surface area contributed by atoms with E-state index in [1.54, 1.807) is 0 Å². The summed E-state index contributed by atoms with van der Waals surface area (Å²) in [6, 6.07) is 8.63. The summed E-state index contributed by atoms with van der Waals surface area (Å²) in [5, 5.41) is 3.53. The van der Waals surface area contributed by atoms with Crippen LogP contribution in [-0.4, -0.2) is 12.6 Å². The summed E-state index contributed by atoms with van der Waals surface area (Å²) in [4.78, 5) is 0. The maximum absolute atomic E-state index is 5.83. The Labute approximate surface area is 105 Å². The molecular formula is C15H25NO. The molecule has 0 aliphatic heterocycles. The van der Waals surface area contributed by atoms with E-state index in [1.807, 2.05) is 12.1 Å². The topological polar surface area (TPSA) is 21.3 Å². The number of ether oxygens (including phenoxy) is 1. The van der Waals surface area contributed by atoms with Gasteiger partial charge in [0, 0.05) is 11.6 Å². The van der Waals surface area contributed by atoms with Crippen LogP contribution in [0.3, 0.4) is 0 Å². The monoisotopic (exact) mass is 235 g/mol. The molecule has 0 saturated heterocycles. The van der Waals surface area contributed by atoms with Crippen molar-refractivity contribution in [2.24, 2.45) is 0 Å². The van der Waals surface area contributed by atoms with E-state index in [2.05, 4.69) is 45.1 Å². The van der Waals surface area contributed by atoms with Gasteiger partial charge in [0.25, 0.3) is 0 Å². The van der Waals surface area contributed by atoms with Crippen molar-refractivity contribution in [1.29, 1.82) is 0 Å². The molecule has 96 valence electrons. The Morgan fingerprint density at radius 3 is 2.53 bits per heavy atom. The molecule has 0 bridgehead atoms. The van der Waals surface area contributed by atoms with Crippen LogP contribution in [0.25, 0.3) is 0 Å². The molecule has 2 nitrogen and oxygen atoms in total. The van der Waals surface area contributed by atoms with E-state index in [1.165, 1.54) is 18.4 Å². The molecule has 1 atom stereocenters. The van der Waals surface area contributed by atoms with E-state index in [0.717, 1.165) is 12.3 Å². The van der Waals surface area contributed by atoms with Gasteiger partial charge >= 0.3 is 0 Å². The van der Waals surface area contributed by atoms with Crippen LogP contribution >= 0.6 is 0 Å². The third kappa shape index (κ3) is 4.78. The van der Waals surface area contributed by atoms with Crippen molar-refractivity contribution >= 4 is 0 Å². The van der Waals surface area contributed by atoms with E-state index in [0.29, 0.717) is 6.04 Å². The highest BCUT2D eigenvalue weighted by atomic mass is 16.5. The second-order valence-electron chi connectivity index (χ2n) is 4.73. The smallest absolute Gasteiger partial charge is 0.124 e. The average molecular weight is 235 g/mol. The number of nitrogens with one attached hydrogen (secondary N) is 1. The van der Waals surface area contributed by atoms with E-state index in [-0.39, 0.29) is 6.10 Å². The van der Waals surface area contributed by atoms with Gasteiger partial charge in [0.15, 0.2) is 0 Å². The van der Waals surface area contributed by atoms with Gasteiger partial charge in [-0.25, -0.2) is 0 Å². The van der Waals surface area contributed by atoms with Gasteiger partial charge in [0.05, 0.1) is 6.10 Å². The standard InChI is InChI=1S/C15H25NO/c1-5-6-11-16-13(4)14-9-7-8-10-15(14)17-12(2)3/h7-10,12-13,16H,5-6,11H2,1-4H3. The second kappa shape index (κ2) is 7.33. The van der Waals surface area contributed by atoms with E-state index in [9.17, 15) is 0 Å².